The molecule has 0 aliphatic heterocycles. The van der Waals surface area contributed by atoms with Gasteiger partial charge in [-0.3, -0.25) is 9.59 Å². The number of nitriles is 1. The van der Waals surface area contributed by atoms with Gasteiger partial charge >= 0.3 is 0 Å². The summed E-state index contributed by atoms with van der Waals surface area (Å²) in [6.45, 7) is 0. The second-order valence-corrected chi connectivity index (χ2v) is 5.90. The number of carbonyl (C=O) groups excluding carboxylic acids is 2. The lowest BCUT2D eigenvalue weighted by Crippen LogP contribution is -2.20. The lowest BCUT2D eigenvalue weighted by Gasteiger charge is -2.14. The fourth-order valence-corrected chi connectivity index (χ4v) is 2.91. The Morgan fingerprint density at radius 1 is 1.04 bits per heavy atom. The standard InChI is InChI=1S/C21H17N3O3/c1-27-14-8-6-13(7-9-14)21(26)24-19-11-10-16(18(12-22)20(23)25)15-4-2-3-5-17(15)19/h2-11,18H,1H3,(H2,23,25)(H,24,26). The molecular formula is C21H17N3O3. The molecule has 0 saturated carbocycles. The minimum Gasteiger partial charge on any atom is -0.497 e. The van der Waals surface area contributed by atoms with Crippen molar-refractivity contribution in [3.63, 3.8) is 0 Å². The van der Waals surface area contributed by atoms with Gasteiger partial charge in [0.15, 0.2) is 5.92 Å². The van der Waals surface area contributed by atoms with E-state index in [2.05, 4.69) is 5.32 Å². The number of primary amides is 1. The molecule has 27 heavy (non-hydrogen) atoms. The zero-order chi connectivity index (χ0) is 19.4. The fraction of sp³-hybridized carbons (Fsp3) is 0.0952. The first-order valence-electron chi connectivity index (χ1n) is 8.21. The van der Waals surface area contributed by atoms with E-state index in [9.17, 15) is 14.9 Å². The van der Waals surface area contributed by atoms with Gasteiger partial charge in [0.05, 0.1) is 13.2 Å². The minimum absolute atomic E-state index is 0.276. The van der Waals surface area contributed by atoms with Gasteiger partial charge in [0, 0.05) is 16.6 Å². The zero-order valence-electron chi connectivity index (χ0n) is 14.6. The Hall–Kier alpha value is -3.85. The highest BCUT2D eigenvalue weighted by Crippen LogP contribution is 2.31. The maximum atomic E-state index is 12.6. The van der Waals surface area contributed by atoms with Crippen molar-refractivity contribution < 1.29 is 14.3 Å². The van der Waals surface area contributed by atoms with Crippen LogP contribution in [0.5, 0.6) is 5.75 Å². The molecule has 0 bridgehead atoms. The Morgan fingerprint density at radius 2 is 1.70 bits per heavy atom. The van der Waals surface area contributed by atoms with Crippen LogP contribution in [0.3, 0.4) is 0 Å². The molecule has 3 aromatic carbocycles. The average Bonchev–Trinajstić information content (AvgIpc) is 2.69. The SMILES string of the molecule is COc1ccc(C(=O)Nc2ccc(C(C#N)C(N)=O)c3ccccc23)cc1. The van der Waals surface area contributed by atoms with Crippen LogP contribution in [0.25, 0.3) is 10.8 Å². The van der Waals surface area contributed by atoms with Crippen LogP contribution in [-0.2, 0) is 4.79 Å². The van der Waals surface area contributed by atoms with Gasteiger partial charge in [-0.1, -0.05) is 30.3 Å². The molecule has 0 heterocycles. The molecule has 0 fully saturated rings. The van der Waals surface area contributed by atoms with E-state index in [1.165, 1.54) is 0 Å². The first-order valence-corrected chi connectivity index (χ1v) is 8.21. The molecule has 2 amide bonds. The number of hydrogen-bond donors (Lipinski definition) is 2. The van der Waals surface area contributed by atoms with Gasteiger partial charge in [-0.25, -0.2) is 0 Å². The fourth-order valence-electron chi connectivity index (χ4n) is 2.91. The van der Waals surface area contributed by atoms with Crippen molar-refractivity contribution in [2.24, 2.45) is 5.73 Å². The molecule has 0 spiro atoms. The number of ether oxygens (including phenoxy) is 1. The lowest BCUT2D eigenvalue weighted by molar-refractivity contribution is -0.118. The van der Waals surface area contributed by atoms with E-state index in [-0.39, 0.29) is 5.91 Å². The molecule has 0 aliphatic rings. The van der Waals surface area contributed by atoms with Crippen LogP contribution in [0.4, 0.5) is 5.69 Å². The summed E-state index contributed by atoms with van der Waals surface area (Å²) < 4.78 is 5.09. The molecule has 134 valence electrons. The molecule has 1 unspecified atom stereocenters. The van der Waals surface area contributed by atoms with Crippen LogP contribution in [0.2, 0.25) is 0 Å². The highest BCUT2D eigenvalue weighted by atomic mass is 16.5. The maximum absolute atomic E-state index is 12.6. The van der Waals surface area contributed by atoms with Crippen LogP contribution in [0.15, 0.2) is 60.7 Å². The second kappa shape index (κ2) is 7.58. The minimum atomic E-state index is -1.05. The van der Waals surface area contributed by atoms with Crippen molar-refractivity contribution in [2.75, 3.05) is 12.4 Å². The Kier molecular flexibility index (Phi) is 5.04. The first-order chi connectivity index (χ1) is 13.0. The summed E-state index contributed by atoms with van der Waals surface area (Å²) >= 11 is 0. The molecule has 3 aromatic rings. The van der Waals surface area contributed by atoms with Crippen LogP contribution < -0.4 is 15.8 Å². The third kappa shape index (κ3) is 3.58. The number of nitrogens with two attached hydrogens (primary N) is 1. The number of carbonyl (C=O) groups is 2. The topological polar surface area (TPSA) is 105 Å². The molecule has 1 atom stereocenters. The average molecular weight is 359 g/mol. The van der Waals surface area contributed by atoms with Crippen LogP contribution in [0, 0.1) is 11.3 Å². The van der Waals surface area contributed by atoms with E-state index in [0.717, 1.165) is 5.39 Å². The van der Waals surface area contributed by atoms with Gasteiger partial charge in [-0.05, 0) is 41.3 Å². The van der Waals surface area contributed by atoms with Crippen molar-refractivity contribution in [2.45, 2.75) is 5.92 Å². The highest BCUT2D eigenvalue weighted by Gasteiger charge is 2.20. The van der Waals surface area contributed by atoms with Crippen molar-refractivity contribution in [1.82, 2.24) is 0 Å². The van der Waals surface area contributed by atoms with E-state index in [1.54, 1.807) is 55.6 Å². The zero-order valence-corrected chi connectivity index (χ0v) is 14.6. The maximum Gasteiger partial charge on any atom is 0.255 e. The van der Waals surface area contributed by atoms with E-state index in [0.29, 0.717) is 28.0 Å². The predicted octanol–water partition coefficient (Wildman–Crippen LogP) is 3.19. The Labute approximate surface area is 156 Å². The van der Waals surface area contributed by atoms with Crippen molar-refractivity contribution in [3.05, 3.63) is 71.8 Å². The van der Waals surface area contributed by atoms with Gasteiger partial charge in [0.1, 0.15) is 5.75 Å². The van der Waals surface area contributed by atoms with Crippen molar-refractivity contribution in [1.29, 1.82) is 5.26 Å². The number of amides is 2. The van der Waals surface area contributed by atoms with E-state index in [1.807, 2.05) is 18.2 Å². The van der Waals surface area contributed by atoms with E-state index < -0.39 is 11.8 Å². The third-order valence-electron chi connectivity index (χ3n) is 4.28. The van der Waals surface area contributed by atoms with Gasteiger partial charge < -0.3 is 15.8 Å². The van der Waals surface area contributed by atoms with Crippen molar-refractivity contribution in [3.8, 4) is 11.8 Å². The largest absolute Gasteiger partial charge is 0.497 e. The molecule has 0 saturated heterocycles. The van der Waals surface area contributed by atoms with E-state index in [4.69, 9.17) is 10.5 Å². The summed E-state index contributed by atoms with van der Waals surface area (Å²) in [6, 6.07) is 19.2. The van der Waals surface area contributed by atoms with Gasteiger partial charge in [0.2, 0.25) is 5.91 Å². The smallest absolute Gasteiger partial charge is 0.255 e. The molecule has 3 N–H and O–H groups in total. The Bertz CT molecular complexity index is 1050. The van der Waals surface area contributed by atoms with E-state index >= 15 is 0 Å². The summed E-state index contributed by atoms with van der Waals surface area (Å²) in [5.74, 6) is -1.38. The molecule has 0 radical (unpaired) electrons. The quantitative estimate of drug-likeness (QED) is 0.730. The van der Waals surface area contributed by atoms with Gasteiger partial charge in [-0.2, -0.15) is 5.26 Å². The van der Waals surface area contributed by atoms with Crippen LogP contribution >= 0.6 is 0 Å². The number of hydrogen-bond acceptors (Lipinski definition) is 4. The summed E-state index contributed by atoms with van der Waals surface area (Å²) in [6.07, 6.45) is 0. The number of rotatable bonds is 5. The molecule has 0 aliphatic carbocycles. The number of anilines is 1. The predicted molar refractivity (Wildman–Crippen MR) is 102 cm³/mol. The summed E-state index contributed by atoms with van der Waals surface area (Å²) in [4.78, 5) is 24.2. The van der Waals surface area contributed by atoms with Gasteiger partial charge in [0.25, 0.3) is 5.91 Å². The number of nitrogens with one attached hydrogen (secondary N) is 1. The summed E-state index contributed by atoms with van der Waals surface area (Å²) in [5, 5.41) is 13.6. The summed E-state index contributed by atoms with van der Waals surface area (Å²) in [7, 11) is 1.56. The number of benzene rings is 3. The van der Waals surface area contributed by atoms with Crippen LogP contribution in [-0.4, -0.2) is 18.9 Å². The van der Waals surface area contributed by atoms with Crippen LogP contribution in [0.1, 0.15) is 21.8 Å². The first kappa shape index (κ1) is 18.0. The lowest BCUT2D eigenvalue weighted by atomic mass is 9.93. The monoisotopic (exact) mass is 359 g/mol. The van der Waals surface area contributed by atoms with Crippen molar-refractivity contribution >= 4 is 28.3 Å². The number of nitrogens with zero attached hydrogens (tertiary/aromatic N) is 1. The third-order valence-corrected chi connectivity index (χ3v) is 4.28. The molecule has 6 nitrogen and oxygen atoms in total. The Morgan fingerprint density at radius 3 is 2.30 bits per heavy atom. The molecule has 0 aromatic heterocycles. The summed E-state index contributed by atoms with van der Waals surface area (Å²) in [5.41, 5.74) is 6.93. The second-order valence-electron chi connectivity index (χ2n) is 5.90. The highest BCUT2D eigenvalue weighted by molar-refractivity contribution is 6.10. The molecular weight excluding hydrogens is 342 g/mol. The normalized spacial score (nSPS) is 11.4. The Balaban J connectivity index is 1.99. The molecule has 6 heteroatoms. The van der Waals surface area contributed by atoms with Gasteiger partial charge in [-0.15, -0.1) is 0 Å². The number of methoxy groups -OCH3 is 1. The molecule has 3 rings (SSSR count). The number of fused-ring (bicyclic) bond motifs is 1.